The van der Waals surface area contributed by atoms with Crippen LogP contribution in [-0.2, 0) is 9.59 Å². The second kappa shape index (κ2) is 7.89. The molecule has 0 radical (unpaired) electrons. The maximum Gasteiger partial charge on any atom is 0.227 e. The molecule has 6 nitrogen and oxygen atoms in total. The van der Waals surface area contributed by atoms with Crippen LogP contribution in [0.25, 0.3) is 0 Å². The summed E-state index contributed by atoms with van der Waals surface area (Å²) in [4.78, 5) is 41.8. The van der Waals surface area contributed by atoms with Crippen LogP contribution < -0.4 is 4.90 Å². The number of hydrogen-bond donors (Lipinski definition) is 0. The molecule has 0 spiro atoms. The summed E-state index contributed by atoms with van der Waals surface area (Å²) in [5.74, 6) is 0.247. The zero-order valence-corrected chi connectivity index (χ0v) is 15.6. The van der Waals surface area contributed by atoms with E-state index in [4.69, 9.17) is 0 Å². The Morgan fingerprint density at radius 2 is 1.54 bits per heavy atom. The molecule has 3 rings (SSSR count). The number of benzene rings is 1. The van der Waals surface area contributed by atoms with Crippen LogP contribution in [0.5, 0.6) is 0 Å². The Morgan fingerprint density at radius 3 is 2.12 bits per heavy atom. The lowest BCUT2D eigenvalue weighted by atomic mass is 9.96. The van der Waals surface area contributed by atoms with Crippen molar-refractivity contribution in [3.8, 4) is 0 Å². The molecule has 2 amide bonds. The van der Waals surface area contributed by atoms with Gasteiger partial charge < -0.3 is 14.7 Å². The van der Waals surface area contributed by atoms with E-state index in [1.165, 1.54) is 0 Å². The fourth-order valence-electron chi connectivity index (χ4n) is 3.81. The fourth-order valence-corrected chi connectivity index (χ4v) is 3.81. The van der Waals surface area contributed by atoms with E-state index in [9.17, 15) is 14.4 Å². The molecule has 2 aliphatic rings. The first-order valence-electron chi connectivity index (χ1n) is 9.36. The molecule has 2 saturated heterocycles. The third kappa shape index (κ3) is 4.06. The monoisotopic (exact) mass is 357 g/mol. The van der Waals surface area contributed by atoms with Crippen molar-refractivity contribution < 1.29 is 14.4 Å². The van der Waals surface area contributed by atoms with E-state index < -0.39 is 0 Å². The molecule has 0 bridgehead atoms. The summed E-state index contributed by atoms with van der Waals surface area (Å²) in [6, 6.07) is 7.65. The minimum Gasteiger partial charge on any atom is -0.368 e. The summed E-state index contributed by atoms with van der Waals surface area (Å²) >= 11 is 0. The van der Waals surface area contributed by atoms with Gasteiger partial charge in [-0.15, -0.1) is 0 Å². The highest BCUT2D eigenvalue weighted by Gasteiger charge is 2.31. The fraction of sp³-hybridized carbons (Fsp3) is 0.550. The summed E-state index contributed by atoms with van der Waals surface area (Å²) in [5, 5.41) is 0. The number of anilines is 1. The average Bonchev–Trinajstić information content (AvgIpc) is 2.67. The minimum absolute atomic E-state index is 0.0568. The Morgan fingerprint density at radius 1 is 0.885 bits per heavy atom. The highest BCUT2D eigenvalue weighted by Crippen LogP contribution is 2.22. The number of piperidine rings is 1. The van der Waals surface area contributed by atoms with Crippen LogP contribution in [0.1, 0.15) is 37.0 Å². The van der Waals surface area contributed by atoms with Gasteiger partial charge in [-0.2, -0.15) is 0 Å². The zero-order chi connectivity index (χ0) is 18.7. The summed E-state index contributed by atoms with van der Waals surface area (Å²) in [6.45, 7) is 7.43. The number of hydrogen-bond acceptors (Lipinski definition) is 4. The number of likely N-dealkylation sites (tertiary alicyclic amines) is 1. The van der Waals surface area contributed by atoms with Gasteiger partial charge >= 0.3 is 0 Å². The van der Waals surface area contributed by atoms with E-state index in [-0.39, 0.29) is 23.5 Å². The Balaban J connectivity index is 1.55. The first-order valence-corrected chi connectivity index (χ1v) is 9.36. The van der Waals surface area contributed by atoms with E-state index in [0.29, 0.717) is 19.6 Å². The van der Waals surface area contributed by atoms with E-state index in [0.717, 1.165) is 43.7 Å². The van der Waals surface area contributed by atoms with Crippen molar-refractivity contribution in [2.75, 3.05) is 44.2 Å². The average molecular weight is 357 g/mol. The number of carbonyl (C=O) groups excluding carboxylic acids is 3. The molecule has 1 aromatic carbocycles. The Hall–Kier alpha value is -2.37. The number of Topliss-reactive ketones (excluding diaryl/α,β-unsaturated/α-hetero) is 1. The Kier molecular flexibility index (Phi) is 5.59. The van der Waals surface area contributed by atoms with Gasteiger partial charge in [0.1, 0.15) is 0 Å². The first-order chi connectivity index (χ1) is 12.5. The number of amides is 2. The van der Waals surface area contributed by atoms with Gasteiger partial charge in [-0.05, 0) is 44.0 Å². The minimum atomic E-state index is -0.0611. The van der Waals surface area contributed by atoms with E-state index in [1.807, 2.05) is 29.2 Å². The highest BCUT2D eigenvalue weighted by atomic mass is 16.2. The molecule has 140 valence electrons. The summed E-state index contributed by atoms with van der Waals surface area (Å²) in [5.41, 5.74) is 1.80. The number of ketones is 1. The van der Waals surface area contributed by atoms with Gasteiger partial charge in [0, 0.05) is 57.4 Å². The topological polar surface area (TPSA) is 60.9 Å². The quantitative estimate of drug-likeness (QED) is 0.774. The number of rotatable bonds is 3. The SMILES string of the molecule is CC(=O)c1ccc(N2CCN(C(=O)[C@@H]3CCCN(C(C)=O)C3)CC2)cc1. The molecule has 26 heavy (non-hydrogen) atoms. The molecule has 2 fully saturated rings. The van der Waals surface area contributed by atoms with Crippen molar-refractivity contribution in [3.05, 3.63) is 29.8 Å². The lowest BCUT2D eigenvalue weighted by Gasteiger charge is -2.39. The molecule has 0 N–H and O–H groups in total. The largest absolute Gasteiger partial charge is 0.368 e. The van der Waals surface area contributed by atoms with Crippen LogP contribution >= 0.6 is 0 Å². The Labute approximate surface area is 154 Å². The van der Waals surface area contributed by atoms with Crippen molar-refractivity contribution in [1.29, 1.82) is 0 Å². The van der Waals surface area contributed by atoms with Crippen LogP contribution in [0.3, 0.4) is 0 Å². The first kappa shape index (κ1) is 18.4. The zero-order valence-electron chi connectivity index (χ0n) is 15.6. The summed E-state index contributed by atoms with van der Waals surface area (Å²) < 4.78 is 0. The molecular formula is C20H27N3O3. The molecule has 1 atom stereocenters. The standard InChI is InChI=1S/C20H27N3O3/c1-15(24)17-5-7-19(8-6-17)21-10-12-22(13-11-21)20(26)18-4-3-9-23(14-18)16(2)25/h5-8,18H,3-4,9-14H2,1-2H3/t18-/m1/s1. The van der Waals surface area contributed by atoms with E-state index in [1.54, 1.807) is 18.7 Å². The predicted octanol–water partition coefficient (Wildman–Crippen LogP) is 1.80. The second-order valence-corrected chi connectivity index (χ2v) is 7.22. The predicted molar refractivity (Wildman–Crippen MR) is 100 cm³/mol. The van der Waals surface area contributed by atoms with Gasteiger partial charge in [-0.1, -0.05) is 0 Å². The molecule has 6 heteroatoms. The van der Waals surface area contributed by atoms with Gasteiger partial charge in [-0.3, -0.25) is 14.4 Å². The van der Waals surface area contributed by atoms with Gasteiger partial charge in [0.15, 0.2) is 5.78 Å². The van der Waals surface area contributed by atoms with Crippen molar-refractivity contribution in [3.63, 3.8) is 0 Å². The van der Waals surface area contributed by atoms with Crippen LogP contribution in [0, 0.1) is 5.92 Å². The van der Waals surface area contributed by atoms with Crippen LogP contribution in [-0.4, -0.2) is 66.7 Å². The van der Waals surface area contributed by atoms with Crippen molar-refractivity contribution >= 4 is 23.3 Å². The lowest BCUT2D eigenvalue weighted by molar-refractivity contribution is -0.140. The molecule has 0 unspecified atom stereocenters. The number of nitrogens with zero attached hydrogens (tertiary/aromatic N) is 3. The van der Waals surface area contributed by atoms with Crippen LogP contribution in [0.4, 0.5) is 5.69 Å². The van der Waals surface area contributed by atoms with Gasteiger partial charge in [-0.25, -0.2) is 0 Å². The molecule has 1 aromatic rings. The molecule has 2 heterocycles. The van der Waals surface area contributed by atoms with Crippen molar-refractivity contribution in [2.24, 2.45) is 5.92 Å². The van der Waals surface area contributed by atoms with Crippen molar-refractivity contribution in [1.82, 2.24) is 9.80 Å². The van der Waals surface area contributed by atoms with E-state index in [2.05, 4.69) is 4.90 Å². The molecule has 0 aromatic heterocycles. The third-order valence-electron chi connectivity index (χ3n) is 5.45. The molecule has 0 saturated carbocycles. The van der Waals surface area contributed by atoms with Crippen molar-refractivity contribution in [2.45, 2.75) is 26.7 Å². The van der Waals surface area contributed by atoms with Gasteiger partial charge in [0.25, 0.3) is 0 Å². The summed E-state index contributed by atoms with van der Waals surface area (Å²) in [7, 11) is 0. The molecule has 0 aliphatic carbocycles. The van der Waals surface area contributed by atoms with Gasteiger partial charge in [0.05, 0.1) is 5.92 Å². The smallest absolute Gasteiger partial charge is 0.227 e. The third-order valence-corrected chi connectivity index (χ3v) is 5.45. The normalized spacial score (nSPS) is 20.8. The highest BCUT2D eigenvalue weighted by molar-refractivity contribution is 5.94. The summed E-state index contributed by atoms with van der Waals surface area (Å²) in [6.07, 6.45) is 1.77. The second-order valence-electron chi connectivity index (χ2n) is 7.22. The maximum absolute atomic E-state index is 12.8. The Bertz CT molecular complexity index is 678. The van der Waals surface area contributed by atoms with Crippen LogP contribution in [0.15, 0.2) is 24.3 Å². The van der Waals surface area contributed by atoms with E-state index >= 15 is 0 Å². The van der Waals surface area contributed by atoms with Gasteiger partial charge in [0.2, 0.25) is 11.8 Å². The molecular weight excluding hydrogens is 330 g/mol. The number of carbonyl (C=O) groups is 3. The lowest BCUT2D eigenvalue weighted by Crippen LogP contribution is -2.53. The molecule has 2 aliphatic heterocycles. The maximum atomic E-state index is 12.8. The number of piperazine rings is 1. The van der Waals surface area contributed by atoms with Crippen LogP contribution in [0.2, 0.25) is 0 Å².